The summed E-state index contributed by atoms with van der Waals surface area (Å²) in [7, 11) is 3.06. The van der Waals surface area contributed by atoms with E-state index < -0.39 is 0 Å². The summed E-state index contributed by atoms with van der Waals surface area (Å²) in [4.78, 5) is 11.0. The van der Waals surface area contributed by atoms with E-state index in [1.807, 2.05) is 0 Å². The fourth-order valence-electron chi connectivity index (χ4n) is 1.22. The highest BCUT2D eigenvalue weighted by molar-refractivity contribution is 6.66. The zero-order chi connectivity index (χ0) is 9.61. The van der Waals surface area contributed by atoms with Crippen LogP contribution in [0.1, 0.15) is 20.8 Å². The summed E-state index contributed by atoms with van der Waals surface area (Å²) in [5.41, 5.74) is 0. The second-order valence-electron chi connectivity index (χ2n) is 2.82. The van der Waals surface area contributed by atoms with E-state index in [1.165, 1.54) is 7.11 Å². The van der Waals surface area contributed by atoms with Crippen molar-refractivity contribution >= 4 is 13.3 Å². The summed E-state index contributed by atoms with van der Waals surface area (Å²) in [6.45, 7) is 9.03. The Morgan fingerprint density at radius 3 is 1.92 bits per heavy atom. The molecular formula is C8H18BNO2. The minimum atomic E-state index is -0.236. The van der Waals surface area contributed by atoms with Gasteiger partial charge >= 0.3 is 0 Å². The van der Waals surface area contributed by atoms with E-state index in [4.69, 9.17) is 0 Å². The van der Waals surface area contributed by atoms with Crippen LogP contribution in [0.2, 0.25) is 0 Å². The van der Waals surface area contributed by atoms with Crippen molar-refractivity contribution in [1.82, 2.24) is 0 Å². The molecule has 0 bridgehead atoms. The zero-order valence-corrected chi connectivity index (χ0v) is 8.46. The van der Waals surface area contributed by atoms with Crippen LogP contribution in [0.4, 0.5) is 4.79 Å². The Bertz CT molecular complexity index is 138. The van der Waals surface area contributed by atoms with E-state index in [1.54, 1.807) is 7.41 Å². The highest BCUT2D eigenvalue weighted by Crippen LogP contribution is 2.03. The van der Waals surface area contributed by atoms with Gasteiger partial charge in [0.2, 0.25) is 0 Å². The van der Waals surface area contributed by atoms with Gasteiger partial charge in [0.15, 0.2) is 0 Å². The van der Waals surface area contributed by atoms with Crippen molar-refractivity contribution in [3.05, 3.63) is 0 Å². The molecule has 0 heterocycles. The van der Waals surface area contributed by atoms with Crippen LogP contribution in [0, 0.1) is 0 Å². The standard InChI is InChI=1S/C8H18BNO2/c1-5-10(6-2,7-3)9-8(11)12-4/h5-7H2,1-4H3. The fraction of sp³-hybridized carbons (Fsp3) is 0.875. The average molecular weight is 171 g/mol. The van der Waals surface area contributed by atoms with E-state index >= 15 is 0 Å². The molecule has 0 aromatic carbocycles. The van der Waals surface area contributed by atoms with Crippen LogP contribution < -0.4 is 0 Å². The van der Waals surface area contributed by atoms with Gasteiger partial charge in [0.25, 0.3) is 0 Å². The number of quaternary nitrogens is 1. The van der Waals surface area contributed by atoms with Crippen LogP contribution in [0.15, 0.2) is 0 Å². The summed E-state index contributed by atoms with van der Waals surface area (Å²) in [5.74, 6) is -0.236. The molecule has 0 fully saturated rings. The summed E-state index contributed by atoms with van der Waals surface area (Å²) in [6, 6.07) is 0. The number of ether oxygens (including phenoxy) is 1. The van der Waals surface area contributed by atoms with Crippen LogP contribution in [-0.4, -0.2) is 44.4 Å². The molecule has 0 saturated carbocycles. The van der Waals surface area contributed by atoms with Gasteiger partial charge in [-0.2, -0.15) is 0 Å². The predicted molar refractivity (Wildman–Crippen MR) is 50.0 cm³/mol. The van der Waals surface area contributed by atoms with Crippen molar-refractivity contribution in [2.45, 2.75) is 20.8 Å². The van der Waals surface area contributed by atoms with Crippen LogP contribution in [0.5, 0.6) is 0 Å². The van der Waals surface area contributed by atoms with E-state index in [0.717, 1.165) is 19.6 Å². The zero-order valence-electron chi connectivity index (χ0n) is 8.46. The molecule has 3 nitrogen and oxygen atoms in total. The quantitative estimate of drug-likeness (QED) is 0.582. The maximum absolute atomic E-state index is 11.0. The van der Waals surface area contributed by atoms with Gasteiger partial charge in [-0.15, -0.1) is 0 Å². The highest BCUT2D eigenvalue weighted by Gasteiger charge is 2.12. The molecule has 0 atom stereocenters. The third-order valence-electron chi connectivity index (χ3n) is 2.47. The second-order valence-corrected chi connectivity index (χ2v) is 2.82. The monoisotopic (exact) mass is 171 g/mol. The largest absolute Gasteiger partial charge is 0.552 e. The maximum Gasteiger partial charge on any atom is 0.133 e. The van der Waals surface area contributed by atoms with Gasteiger partial charge in [-0.25, -0.2) is 0 Å². The molecule has 12 heavy (non-hydrogen) atoms. The van der Waals surface area contributed by atoms with Crippen molar-refractivity contribution < 1.29 is 13.9 Å². The number of methoxy groups -OCH3 is 1. The molecule has 0 aliphatic heterocycles. The molecule has 0 spiro atoms. The molecule has 0 amide bonds. The Hall–Kier alpha value is -0.505. The summed E-state index contributed by atoms with van der Waals surface area (Å²) in [6.07, 6.45) is 0. The van der Waals surface area contributed by atoms with Crippen molar-refractivity contribution in [3.8, 4) is 0 Å². The van der Waals surface area contributed by atoms with Gasteiger partial charge in [0.05, 0.1) is 7.11 Å². The molecule has 0 aliphatic carbocycles. The van der Waals surface area contributed by atoms with E-state index in [0.29, 0.717) is 4.39 Å². The van der Waals surface area contributed by atoms with E-state index in [9.17, 15) is 4.79 Å². The van der Waals surface area contributed by atoms with Crippen molar-refractivity contribution in [3.63, 3.8) is 0 Å². The molecule has 2 radical (unpaired) electrons. The first-order chi connectivity index (χ1) is 5.64. The smallest absolute Gasteiger partial charge is 0.133 e. The lowest BCUT2D eigenvalue weighted by atomic mass is 9.86. The van der Waals surface area contributed by atoms with E-state index in [-0.39, 0.29) is 5.87 Å². The number of hydrogen-bond acceptors (Lipinski definition) is 2. The lowest BCUT2D eigenvalue weighted by Gasteiger charge is -2.47. The van der Waals surface area contributed by atoms with Crippen molar-refractivity contribution in [2.75, 3.05) is 26.7 Å². The third-order valence-corrected chi connectivity index (χ3v) is 2.47. The first-order valence-corrected chi connectivity index (χ1v) is 4.43. The molecule has 0 saturated heterocycles. The predicted octanol–water partition coefficient (Wildman–Crippen LogP) is 1.25. The Morgan fingerprint density at radius 1 is 1.25 bits per heavy atom. The fourth-order valence-corrected chi connectivity index (χ4v) is 1.22. The number of carbonyl (C=O) groups excluding carboxylic acids is 1. The second kappa shape index (κ2) is 5.20. The van der Waals surface area contributed by atoms with Crippen molar-refractivity contribution in [1.29, 1.82) is 0 Å². The first kappa shape index (κ1) is 11.5. The molecule has 70 valence electrons. The number of rotatable bonds is 5. The highest BCUT2D eigenvalue weighted by atomic mass is 16.5. The number of carbonyl (C=O) groups is 1. The number of nitrogens with zero attached hydrogens (tertiary/aromatic N) is 1. The topological polar surface area (TPSA) is 26.3 Å². The summed E-state index contributed by atoms with van der Waals surface area (Å²) < 4.78 is 5.30. The van der Waals surface area contributed by atoms with Gasteiger partial charge in [-0.3, -0.25) is 0 Å². The molecule has 0 aromatic rings. The Morgan fingerprint density at radius 2 is 1.67 bits per heavy atom. The average Bonchev–Trinajstić information content (AvgIpc) is 2.14. The lowest BCUT2D eigenvalue weighted by Crippen LogP contribution is -2.53. The van der Waals surface area contributed by atoms with Gasteiger partial charge in [0, 0.05) is 19.6 Å². The van der Waals surface area contributed by atoms with Crippen molar-refractivity contribution in [2.24, 2.45) is 0 Å². The Labute approximate surface area is 75.5 Å². The van der Waals surface area contributed by atoms with Crippen LogP contribution in [0.25, 0.3) is 0 Å². The third kappa shape index (κ3) is 2.85. The first-order valence-electron chi connectivity index (χ1n) is 4.43. The normalized spacial score (nSPS) is 11.3. The Kier molecular flexibility index (Phi) is 4.98. The van der Waals surface area contributed by atoms with Crippen LogP contribution in [-0.2, 0) is 4.74 Å². The Balaban J connectivity index is 4.19. The van der Waals surface area contributed by atoms with Crippen LogP contribution >= 0.6 is 0 Å². The molecule has 0 rings (SSSR count). The van der Waals surface area contributed by atoms with Gasteiger partial charge < -0.3 is 13.9 Å². The molecule has 0 aliphatic rings. The molecular weight excluding hydrogens is 153 g/mol. The van der Waals surface area contributed by atoms with Gasteiger partial charge in [-0.1, -0.05) is 0 Å². The van der Waals surface area contributed by atoms with E-state index in [2.05, 4.69) is 25.5 Å². The lowest BCUT2D eigenvalue weighted by molar-refractivity contribution is -0.814. The molecule has 0 N–H and O–H groups in total. The van der Waals surface area contributed by atoms with Gasteiger partial charge in [0.1, 0.15) is 13.3 Å². The molecule has 0 aromatic heterocycles. The SMILES string of the molecule is CC[N+]([B-]C(=O)OC)(CC)CC. The van der Waals surface area contributed by atoms with Gasteiger partial charge in [-0.05, 0) is 20.8 Å². The minimum Gasteiger partial charge on any atom is -0.552 e. The summed E-state index contributed by atoms with van der Waals surface area (Å²) in [5, 5.41) is 0. The minimum absolute atomic E-state index is 0.236. The number of hydrogen-bond donors (Lipinski definition) is 0. The summed E-state index contributed by atoms with van der Waals surface area (Å²) >= 11 is 0. The molecule has 4 heteroatoms. The van der Waals surface area contributed by atoms with Crippen LogP contribution in [0.3, 0.4) is 0 Å². The maximum atomic E-state index is 11.0. The molecule has 0 unspecified atom stereocenters.